The predicted octanol–water partition coefficient (Wildman–Crippen LogP) is 2.53. The van der Waals surface area contributed by atoms with Crippen LogP contribution in [0.15, 0.2) is 47.5 Å². The Labute approximate surface area is 172 Å². The van der Waals surface area contributed by atoms with Gasteiger partial charge in [0.25, 0.3) is 0 Å². The third-order valence-electron chi connectivity index (χ3n) is 4.77. The predicted molar refractivity (Wildman–Crippen MR) is 118 cm³/mol. The first-order chi connectivity index (χ1) is 14.1. The number of hydrogen-bond donors (Lipinski definition) is 2. The summed E-state index contributed by atoms with van der Waals surface area (Å²) in [7, 11) is 3.96. The molecule has 0 aliphatic carbocycles. The molecule has 1 aliphatic rings. The van der Waals surface area contributed by atoms with Crippen LogP contribution in [0, 0.1) is 0 Å². The van der Waals surface area contributed by atoms with E-state index in [1.807, 2.05) is 73.3 Å². The van der Waals surface area contributed by atoms with E-state index in [0.29, 0.717) is 19.5 Å². The molecular weight excluding hydrogens is 364 g/mol. The lowest BCUT2D eigenvalue weighted by Gasteiger charge is -2.16. The van der Waals surface area contributed by atoms with Gasteiger partial charge in [0.2, 0.25) is 5.91 Å². The first-order valence-corrected chi connectivity index (χ1v) is 10.1. The molecule has 0 bridgehead atoms. The Morgan fingerprint density at radius 3 is 2.62 bits per heavy atom. The summed E-state index contributed by atoms with van der Waals surface area (Å²) >= 11 is 0. The monoisotopic (exact) mass is 394 g/mol. The second-order valence-corrected chi connectivity index (χ2v) is 7.25. The third-order valence-corrected chi connectivity index (χ3v) is 4.77. The normalized spacial score (nSPS) is 14.2. The summed E-state index contributed by atoms with van der Waals surface area (Å²) in [6.07, 6.45) is 1.59. The number of pyridine rings is 1. The van der Waals surface area contributed by atoms with Gasteiger partial charge in [0, 0.05) is 39.3 Å². The lowest BCUT2D eigenvalue weighted by atomic mass is 10.2. The van der Waals surface area contributed by atoms with Gasteiger partial charge in [-0.3, -0.25) is 4.79 Å². The van der Waals surface area contributed by atoms with E-state index in [4.69, 9.17) is 0 Å². The second-order valence-electron chi connectivity index (χ2n) is 7.25. The molecule has 0 saturated carbocycles. The lowest BCUT2D eigenvalue weighted by molar-refractivity contribution is -0.117. The number of carbonyl (C=O) groups excluding carboxylic acids is 1. The quantitative estimate of drug-likeness (QED) is 0.558. The van der Waals surface area contributed by atoms with Gasteiger partial charge in [0.05, 0.1) is 18.8 Å². The zero-order valence-electron chi connectivity index (χ0n) is 17.5. The van der Waals surface area contributed by atoms with Gasteiger partial charge >= 0.3 is 0 Å². The number of amides is 1. The number of aromatic nitrogens is 1. The van der Waals surface area contributed by atoms with Gasteiger partial charge in [-0.2, -0.15) is 0 Å². The molecule has 0 radical (unpaired) electrons. The van der Waals surface area contributed by atoms with Gasteiger partial charge in [-0.25, -0.2) is 9.98 Å². The summed E-state index contributed by atoms with van der Waals surface area (Å²) in [5.74, 6) is 1.90. The van der Waals surface area contributed by atoms with Crippen molar-refractivity contribution in [3.8, 4) is 0 Å². The maximum atomic E-state index is 11.9. The van der Waals surface area contributed by atoms with E-state index < -0.39 is 0 Å². The number of hydrogen-bond acceptors (Lipinski definition) is 4. The Kier molecular flexibility index (Phi) is 7.05. The molecule has 2 N–H and O–H groups in total. The molecule has 7 nitrogen and oxygen atoms in total. The molecule has 2 aromatic rings. The van der Waals surface area contributed by atoms with Gasteiger partial charge in [-0.1, -0.05) is 18.2 Å². The third kappa shape index (κ3) is 5.70. The molecule has 2 heterocycles. The number of anilines is 2. The molecular formula is C22H30N6O. The summed E-state index contributed by atoms with van der Waals surface area (Å²) in [5, 5.41) is 6.61. The fourth-order valence-electron chi connectivity index (χ4n) is 3.20. The maximum absolute atomic E-state index is 11.9. The Bertz CT molecular complexity index is 847. The number of guanidine groups is 1. The summed E-state index contributed by atoms with van der Waals surface area (Å²) in [6.45, 7) is 4.81. The minimum atomic E-state index is 0.210. The van der Waals surface area contributed by atoms with Crippen molar-refractivity contribution in [3.05, 3.63) is 53.7 Å². The van der Waals surface area contributed by atoms with E-state index in [9.17, 15) is 4.79 Å². The van der Waals surface area contributed by atoms with E-state index in [0.717, 1.165) is 48.2 Å². The smallest absolute Gasteiger partial charge is 0.227 e. The highest BCUT2D eigenvalue weighted by molar-refractivity contribution is 5.95. The Morgan fingerprint density at radius 2 is 1.97 bits per heavy atom. The van der Waals surface area contributed by atoms with E-state index in [2.05, 4.69) is 20.6 Å². The highest BCUT2D eigenvalue weighted by Crippen LogP contribution is 2.21. The van der Waals surface area contributed by atoms with Gasteiger partial charge in [-0.05, 0) is 43.2 Å². The molecule has 7 heteroatoms. The van der Waals surface area contributed by atoms with E-state index in [-0.39, 0.29) is 5.91 Å². The highest BCUT2D eigenvalue weighted by Gasteiger charge is 2.21. The zero-order valence-corrected chi connectivity index (χ0v) is 17.5. The van der Waals surface area contributed by atoms with Crippen LogP contribution in [-0.4, -0.2) is 44.0 Å². The van der Waals surface area contributed by atoms with E-state index in [1.54, 1.807) is 0 Å². The van der Waals surface area contributed by atoms with Crippen molar-refractivity contribution in [3.63, 3.8) is 0 Å². The summed E-state index contributed by atoms with van der Waals surface area (Å²) in [5.41, 5.74) is 3.03. The van der Waals surface area contributed by atoms with Crippen molar-refractivity contribution in [1.82, 2.24) is 15.6 Å². The van der Waals surface area contributed by atoms with Crippen LogP contribution in [0.4, 0.5) is 11.5 Å². The Morgan fingerprint density at radius 1 is 1.17 bits per heavy atom. The highest BCUT2D eigenvalue weighted by atomic mass is 16.2. The van der Waals surface area contributed by atoms with Crippen molar-refractivity contribution < 1.29 is 4.79 Å². The largest absolute Gasteiger partial charge is 0.363 e. The Hall–Kier alpha value is -3.09. The van der Waals surface area contributed by atoms with Crippen molar-refractivity contribution in [1.29, 1.82) is 0 Å². The summed E-state index contributed by atoms with van der Waals surface area (Å²) < 4.78 is 0. The molecule has 1 saturated heterocycles. The van der Waals surface area contributed by atoms with Crippen LogP contribution < -0.4 is 20.4 Å². The van der Waals surface area contributed by atoms with Crippen LogP contribution in [0.25, 0.3) is 0 Å². The molecule has 1 amide bonds. The van der Waals surface area contributed by atoms with E-state index in [1.165, 1.54) is 0 Å². The molecule has 29 heavy (non-hydrogen) atoms. The number of aliphatic imine (C=N–C) groups is 1. The molecule has 154 valence electrons. The average molecular weight is 395 g/mol. The molecule has 1 fully saturated rings. The fraction of sp³-hybridized carbons (Fsp3) is 0.409. The first kappa shape index (κ1) is 20.6. The van der Waals surface area contributed by atoms with Crippen LogP contribution in [0.3, 0.4) is 0 Å². The number of carbonyl (C=O) groups is 1. The zero-order chi connectivity index (χ0) is 20.6. The average Bonchev–Trinajstić information content (AvgIpc) is 3.16. The molecule has 1 aromatic carbocycles. The molecule has 0 unspecified atom stereocenters. The minimum Gasteiger partial charge on any atom is -0.363 e. The second kappa shape index (κ2) is 9.91. The SMILES string of the molecule is CCNC(=NCc1ccc(N2CCCC2=O)cc1)NCc1cccc(N(C)C)n1. The van der Waals surface area contributed by atoms with Gasteiger partial charge in [-0.15, -0.1) is 0 Å². The van der Waals surface area contributed by atoms with Crippen LogP contribution >= 0.6 is 0 Å². The number of rotatable bonds is 7. The van der Waals surface area contributed by atoms with Crippen molar-refractivity contribution in [2.45, 2.75) is 32.9 Å². The Balaban J connectivity index is 1.60. The number of benzene rings is 1. The van der Waals surface area contributed by atoms with Crippen LogP contribution in [0.2, 0.25) is 0 Å². The van der Waals surface area contributed by atoms with Crippen LogP contribution in [0.5, 0.6) is 0 Å². The standard InChI is InChI=1S/C22H30N6O/c1-4-23-22(25-16-18-7-5-8-20(26-18)27(2)3)24-15-17-10-12-19(13-11-17)28-14-6-9-21(28)29/h5,7-8,10-13H,4,6,9,14-16H2,1-3H3,(H2,23,24,25). The lowest BCUT2D eigenvalue weighted by Crippen LogP contribution is -2.37. The first-order valence-electron chi connectivity index (χ1n) is 10.1. The topological polar surface area (TPSA) is 72.9 Å². The van der Waals surface area contributed by atoms with Crippen LogP contribution in [-0.2, 0) is 17.9 Å². The molecule has 3 rings (SSSR count). The molecule has 1 aliphatic heterocycles. The van der Waals surface area contributed by atoms with Crippen molar-refractivity contribution >= 4 is 23.4 Å². The van der Waals surface area contributed by atoms with Crippen molar-refractivity contribution in [2.24, 2.45) is 4.99 Å². The van der Waals surface area contributed by atoms with Gasteiger partial charge in [0.15, 0.2) is 5.96 Å². The molecule has 0 atom stereocenters. The minimum absolute atomic E-state index is 0.210. The van der Waals surface area contributed by atoms with Gasteiger partial charge in [0.1, 0.15) is 5.82 Å². The summed E-state index contributed by atoms with van der Waals surface area (Å²) in [4.78, 5) is 25.0. The van der Waals surface area contributed by atoms with Gasteiger partial charge < -0.3 is 20.4 Å². The number of nitrogens with zero attached hydrogens (tertiary/aromatic N) is 4. The molecule has 1 aromatic heterocycles. The number of nitrogens with one attached hydrogen (secondary N) is 2. The van der Waals surface area contributed by atoms with Crippen LogP contribution in [0.1, 0.15) is 31.0 Å². The van der Waals surface area contributed by atoms with Crippen molar-refractivity contribution in [2.75, 3.05) is 37.0 Å². The maximum Gasteiger partial charge on any atom is 0.227 e. The summed E-state index contributed by atoms with van der Waals surface area (Å²) in [6, 6.07) is 14.1. The molecule has 0 spiro atoms. The van der Waals surface area contributed by atoms with E-state index >= 15 is 0 Å². The fourth-order valence-corrected chi connectivity index (χ4v) is 3.20.